The Morgan fingerprint density at radius 2 is 1.93 bits per heavy atom. The molecule has 0 amide bonds. The van der Waals surface area contributed by atoms with Crippen LogP contribution in [-0.2, 0) is 0 Å². The normalized spacial score (nSPS) is 10.2. The Morgan fingerprint density at radius 3 is 2.60 bits per heavy atom. The van der Waals surface area contributed by atoms with E-state index in [1.54, 1.807) is 6.92 Å². The first kappa shape index (κ1) is 9.45. The number of nitrogens with zero attached hydrogens (tertiary/aromatic N) is 2. The highest BCUT2D eigenvalue weighted by molar-refractivity contribution is 5.67. The molecule has 0 atom stereocenters. The van der Waals surface area contributed by atoms with E-state index in [4.69, 9.17) is 5.73 Å². The number of aryl methyl sites for hydroxylation is 1. The lowest BCUT2D eigenvalue weighted by Gasteiger charge is -2.09. The van der Waals surface area contributed by atoms with E-state index in [1.165, 1.54) is 6.20 Å². The maximum atomic E-state index is 11.4. The first-order valence-electron chi connectivity index (χ1n) is 4.60. The molecule has 0 aliphatic carbocycles. The summed E-state index contributed by atoms with van der Waals surface area (Å²) in [5, 5.41) is 11.4. The smallest absolute Gasteiger partial charge is 0.302 e. The van der Waals surface area contributed by atoms with E-state index in [0.717, 1.165) is 5.56 Å². The molecule has 2 rings (SSSR count). The van der Waals surface area contributed by atoms with Crippen LogP contribution in [0.15, 0.2) is 36.5 Å². The molecular formula is C11H11N3O. The van der Waals surface area contributed by atoms with E-state index < -0.39 is 0 Å². The summed E-state index contributed by atoms with van der Waals surface area (Å²) in [6.45, 7) is 1.76. The van der Waals surface area contributed by atoms with Gasteiger partial charge in [-0.15, -0.1) is 0 Å². The molecule has 4 heteroatoms. The van der Waals surface area contributed by atoms with Crippen molar-refractivity contribution >= 4 is 5.82 Å². The third-order valence-corrected chi connectivity index (χ3v) is 2.12. The van der Waals surface area contributed by atoms with Gasteiger partial charge in [0.1, 0.15) is 6.20 Å². The number of benzene rings is 1. The van der Waals surface area contributed by atoms with E-state index in [2.05, 4.69) is 4.98 Å². The lowest BCUT2D eigenvalue weighted by Crippen LogP contribution is -2.31. The second kappa shape index (κ2) is 3.57. The molecule has 1 aromatic carbocycles. The van der Waals surface area contributed by atoms with E-state index in [-0.39, 0.29) is 5.82 Å². The van der Waals surface area contributed by atoms with Crippen molar-refractivity contribution in [3.8, 4) is 11.3 Å². The van der Waals surface area contributed by atoms with Crippen LogP contribution in [0.2, 0.25) is 0 Å². The van der Waals surface area contributed by atoms with Gasteiger partial charge >= 0.3 is 5.82 Å². The summed E-state index contributed by atoms with van der Waals surface area (Å²) < 4.78 is 0.644. The molecule has 0 saturated carbocycles. The first-order valence-corrected chi connectivity index (χ1v) is 4.60. The Bertz CT molecular complexity index is 483. The van der Waals surface area contributed by atoms with Gasteiger partial charge in [-0.2, -0.15) is 0 Å². The molecule has 15 heavy (non-hydrogen) atoms. The van der Waals surface area contributed by atoms with E-state index in [1.807, 2.05) is 30.3 Å². The fourth-order valence-electron chi connectivity index (χ4n) is 1.41. The van der Waals surface area contributed by atoms with Crippen molar-refractivity contribution < 1.29 is 4.73 Å². The molecule has 0 radical (unpaired) electrons. The summed E-state index contributed by atoms with van der Waals surface area (Å²) in [5.41, 5.74) is 7.71. The van der Waals surface area contributed by atoms with Gasteiger partial charge in [0.05, 0.1) is 5.69 Å². The van der Waals surface area contributed by atoms with Crippen LogP contribution in [0.4, 0.5) is 5.82 Å². The minimum Gasteiger partial charge on any atom is -0.710 e. The fraction of sp³-hybridized carbons (Fsp3) is 0.0909. The third kappa shape index (κ3) is 1.74. The number of aromatic nitrogens is 2. The zero-order valence-electron chi connectivity index (χ0n) is 8.34. The van der Waals surface area contributed by atoms with Crippen LogP contribution < -0.4 is 10.5 Å². The fourth-order valence-corrected chi connectivity index (χ4v) is 1.41. The van der Waals surface area contributed by atoms with Crippen LogP contribution in [0, 0.1) is 12.1 Å². The molecule has 1 aromatic heterocycles. The highest BCUT2D eigenvalue weighted by Gasteiger charge is 2.11. The monoisotopic (exact) mass is 201 g/mol. The van der Waals surface area contributed by atoms with Crippen molar-refractivity contribution in [2.75, 3.05) is 5.73 Å². The number of rotatable bonds is 1. The van der Waals surface area contributed by atoms with Gasteiger partial charge < -0.3 is 5.21 Å². The summed E-state index contributed by atoms with van der Waals surface area (Å²) in [6, 6.07) is 9.42. The van der Waals surface area contributed by atoms with Gasteiger partial charge in [0, 0.05) is 5.56 Å². The van der Waals surface area contributed by atoms with Crippen molar-refractivity contribution in [2.24, 2.45) is 0 Å². The average molecular weight is 201 g/mol. The summed E-state index contributed by atoms with van der Waals surface area (Å²) >= 11 is 0. The van der Waals surface area contributed by atoms with Gasteiger partial charge in [0.15, 0.2) is 5.69 Å². The van der Waals surface area contributed by atoms with Crippen LogP contribution >= 0.6 is 0 Å². The van der Waals surface area contributed by atoms with E-state index in [9.17, 15) is 5.21 Å². The Morgan fingerprint density at radius 1 is 1.27 bits per heavy atom. The SMILES string of the molecule is Cc1c[n+]([O-])c(N)c(-c2ccccc2)n1. The van der Waals surface area contributed by atoms with Crippen molar-refractivity contribution in [1.29, 1.82) is 0 Å². The maximum Gasteiger partial charge on any atom is 0.302 e. The van der Waals surface area contributed by atoms with Crippen LogP contribution in [0.25, 0.3) is 11.3 Å². The highest BCUT2D eigenvalue weighted by Crippen LogP contribution is 2.20. The molecule has 0 aliphatic heterocycles. The van der Waals surface area contributed by atoms with E-state index in [0.29, 0.717) is 16.1 Å². The van der Waals surface area contributed by atoms with Crippen LogP contribution in [0.1, 0.15) is 5.69 Å². The molecule has 76 valence electrons. The second-order valence-electron chi connectivity index (χ2n) is 3.31. The van der Waals surface area contributed by atoms with Gasteiger partial charge in [-0.05, 0) is 6.92 Å². The van der Waals surface area contributed by atoms with E-state index >= 15 is 0 Å². The Kier molecular flexibility index (Phi) is 2.25. The van der Waals surface area contributed by atoms with Gasteiger partial charge in [-0.1, -0.05) is 30.3 Å². The molecule has 0 unspecified atom stereocenters. The molecule has 0 aliphatic rings. The molecule has 0 fully saturated rings. The lowest BCUT2D eigenvalue weighted by atomic mass is 10.1. The van der Waals surface area contributed by atoms with Gasteiger partial charge in [0.25, 0.3) is 0 Å². The van der Waals surface area contributed by atoms with Crippen molar-refractivity contribution in [1.82, 2.24) is 4.98 Å². The Labute approximate surface area is 87.6 Å². The minimum atomic E-state index is 0.131. The topological polar surface area (TPSA) is 65.8 Å². The summed E-state index contributed by atoms with van der Waals surface area (Å²) in [5.74, 6) is 0.131. The quantitative estimate of drug-likeness (QED) is 0.558. The number of nitrogen functional groups attached to an aromatic ring is 1. The zero-order chi connectivity index (χ0) is 10.8. The number of hydrogen-bond donors (Lipinski definition) is 1. The molecule has 1 heterocycles. The molecule has 0 spiro atoms. The minimum absolute atomic E-state index is 0.131. The zero-order valence-corrected chi connectivity index (χ0v) is 8.34. The molecule has 0 saturated heterocycles. The van der Waals surface area contributed by atoms with Crippen LogP contribution in [0.5, 0.6) is 0 Å². The van der Waals surface area contributed by atoms with Gasteiger partial charge in [-0.3, -0.25) is 5.73 Å². The number of anilines is 1. The average Bonchev–Trinajstić information content (AvgIpc) is 2.24. The van der Waals surface area contributed by atoms with Gasteiger partial charge in [-0.25, -0.2) is 9.71 Å². The largest absolute Gasteiger partial charge is 0.710 e. The molecule has 2 aromatic rings. The maximum absolute atomic E-state index is 11.4. The molecule has 4 nitrogen and oxygen atoms in total. The Balaban J connectivity index is 2.63. The summed E-state index contributed by atoms with van der Waals surface area (Å²) in [4.78, 5) is 4.26. The van der Waals surface area contributed by atoms with Crippen molar-refractivity contribution in [2.45, 2.75) is 6.92 Å². The summed E-state index contributed by atoms with van der Waals surface area (Å²) in [7, 11) is 0. The Hall–Kier alpha value is -2.10. The van der Waals surface area contributed by atoms with Crippen LogP contribution in [0.3, 0.4) is 0 Å². The van der Waals surface area contributed by atoms with Crippen molar-refractivity contribution in [3.05, 3.63) is 47.4 Å². The third-order valence-electron chi connectivity index (χ3n) is 2.12. The first-order chi connectivity index (χ1) is 7.18. The molecule has 2 N–H and O–H groups in total. The standard InChI is InChI=1S/C11H11N3O/c1-8-7-14(15)11(12)10(13-8)9-5-3-2-4-6-9/h2-7H,12H2,1H3. The molecular weight excluding hydrogens is 190 g/mol. The summed E-state index contributed by atoms with van der Waals surface area (Å²) in [6.07, 6.45) is 1.36. The number of hydrogen-bond acceptors (Lipinski definition) is 3. The predicted molar refractivity (Wildman–Crippen MR) is 57.8 cm³/mol. The van der Waals surface area contributed by atoms with Gasteiger partial charge in [0.2, 0.25) is 0 Å². The number of nitrogens with two attached hydrogens (primary N) is 1. The highest BCUT2D eigenvalue weighted by atomic mass is 16.5. The predicted octanol–water partition coefficient (Wildman–Crippen LogP) is 1.27. The lowest BCUT2D eigenvalue weighted by molar-refractivity contribution is -0.590. The van der Waals surface area contributed by atoms with Crippen molar-refractivity contribution in [3.63, 3.8) is 0 Å². The van der Waals surface area contributed by atoms with Crippen LogP contribution in [-0.4, -0.2) is 4.98 Å². The molecule has 0 bridgehead atoms. The second-order valence-corrected chi connectivity index (χ2v) is 3.31.